The van der Waals surface area contributed by atoms with Crippen molar-refractivity contribution in [1.29, 1.82) is 0 Å². The van der Waals surface area contributed by atoms with Crippen molar-refractivity contribution >= 4 is 5.97 Å². The predicted octanol–water partition coefficient (Wildman–Crippen LogP) is 0.692. The SMILES string of the molecule is O=C(O)Cc1cc(-c2cnc[nH]2)no1. The van der Waals surface area contributed by atoms with E-state index in [9.17, 15) is 4.79 Å². The summed E-state index contributed by atoms with van der Waals surface area (Å²) >= 11 is 0. The number of rotatable bonds is 3. The molecule has 6 heteroatoms. The number of carbonyl (C=O) groups is 1. The maximum absolute atomic E-state index is 10.4. The van der Waals surface area contributed by atoms with Crippen LogP contribution in [0.4, 0.5) is 0 Å². The standard InChI is InChI=1S/C8H7N3O3/c12-8(13)2-5-1-6(11-14-5)7-3-9-4-10-7/h1,3-4H,2H2,(H,9,10)(H,12,13). The van der Waals surface area contributed by atoms with Crippen molar-refractivity contribution in [1.82, 2.24) is 15.1 Å². The molecule has 0 atom stereocenters. The van der Waals surface area contributed by atoms with Gasteiger partial charge in [-0.05, 0) is 0 Å². The molecule has 0 unspecified atom stereocenters. The number of aromatic amines is 1. The Kier molecular flexibility index (Phi) is 2.02. The summed E-state index contributed by atoms with van der Waals surface area (Å²) in [6.45, 7) is 0. The second kappa shape index (κ2) is 3.33. The van der Waals surface area contributed by atoms with Gasteiger partial charge in [-0.15, -0.1) is 0 Å². The minimum atomic E-state index is -0.947. The number of nitrogens with zero attached hydrogens (tertiary/aromatic N) is 2. The van der Waals surface area contributed by atoms with E-state index in [4.69, 9.17) is 9.63 Å². The van der Waals surface area contributed by atoms with E-state index in [0.29, 0.717) is 17.1 Å². The van der Waals surface area contributed by atoms with Crippen LogP contribution in [-0.4, -0.2) is 26.2 Å². The van der Waals surface area contributed by atoms with Crippen LogP contribution < -0.4 is 0 Å². The third kappa shape index (κ3) is 1.63. The fourth-order valence-electron chi connectivity index (χ4n) is 1.07. The van der Waals surface area contributed by atoms with Gasteiger partial charge in [-0.25, -0.2) is 4.98 Å². The monoisotopic (exact) mass is 193 g/mol. The molecule has 0 spiro atoms. The van der Waals surface area contributed by atoms with Crippen molar-refractivity contribution in [3.05, 3.63) is 24.4 Å². The highest BCUT2D eigenvalue weighted by Gasteiger charge is 2.09. The lowest BCUT2D eigenvalue weighted by Gasteiger charge is -1.84. The molecule has 0 aliphatic rings. The van der Waals surface area contributed by atoms with E-state index in [1.165, 1.54) is 6.33 Å². The maximum Gasteiger partial charge on any atom is 0.311 e. The van der Waals surface area contributed by atoms with E-state index in [1.807, 2.05) is 0 Å². The van der Waals surface area contributed by atoms with Gasteiger partial charge in [0.1, 0.15) is 17.9 Å². The Balaban J connectivity index is 2.22. The molecule has 0 saturated heterocycles. The summed E-state index contributed by atoms with van der Waals surface area (Å²) in [5, 5.41) is 12.2. The highest BCUT2D eigenvalue weighted by molar-refractivity contribution is 5.69. The van der Waals surface area contributed by atoms with E-state index in [2.05, 4.69) is 15.1 Å². The molecule has 2 N–H and O–H groups in total. The van der Waals surface area contributed by atoms with Crippen molar-refractivity contribution in [3.63, 3.8) is 0 Å². The van der Waals surface area contributed by atoms with Crippen LogP contribution in [0.1, 0.15) is 5.76 Å². The second-order valence-electron chi connectivity index (χ2n) is 2.71. The van der Waals surface area contributed by atoms with Gasteiger partial charge in [0.2, 0.25) is 0 Å². The molecule has 2 rings (SSSR count). The molecule has 0 saturated carbocycles. The summed E-state index contributed by atoms with van der Waals surface area (Å²) in [4.78, 5) is 17.0. The molecular weight excluding hydrogens is 186 g/mol. The lowest BCUT2D eigenvalue weighted by Crippen LogP contribution is -1.97. The Morgan fingerprint density at radius 1 is 1.64 bits per heavy atom. The minimum Gasteiger partial charge on any atom is -0.481 e. The number of H-pyrrole nitrogens is 1. The van der Waals surface area contributed by atoms with E-state index in [-0.39, 0.29) is 6.42 Å². The number of hydrogen-bond donors (Lipinski definition) is 2. The van der Waals surface area contributed by atoms with Crippen molar-refractivity contribution in [2.45, 2.75) is 6.42 Å². The number of carboxylic acids is 1. The van der Waals surface area contributed by atoms with Gasteiger partial charge in [0.25, 0.3) is 0 Å². The van der Waals surface area contributed by atoms with Crippen molar-refractivity contribution in [2.75, 3.05) is 0 Å². The van der Waals surface area contributed by atoms with Crippen LogP contribution in [0.15, 0.2) is 23.1 Å². The first-order valence-electron chi connectivity index (χ1n) is 3.92. The molecule has 72 valence electrons. The summed E-state index contributed by atoms with van der Waals surface area (Å²) in [6, 6.07) is 1.57. The first-order chi connectivity index (χ1) is 6.75. The van der Waals surface area contributed by atoms with E-state index in [1.54, 1.807) is 12.3 Å². The van der Waals surface area contributed by atoms with Gasteiger partial charge in [0, 0.05) is 6.07 Å². The van der Waals surface area contributed by atoms with Gasteiger partial charge in [-0.3, -0.25) is 4.79 Å². The average molecular weight is 193 g/mol. The molecule has 14 heavy (non-hydrogen) atoms. The van der Waals surface area contributed by atoms with Crippen LogP contribution in [0, 0.1) is 0 Å². The molecule has 2 aromatic rings. The zero-order chi connectivity index (χ0) is 9.97. The molecule has 6 nitrogen and oxygen atoms in total. The molecule has 0 aliphatic heterocycles. The topological polar surface area (TPSA) is 92.0 Å². The van der Waals surface area contributed by atoms with Gasteiger partial charge >= 0.3 is 5.97 Å². The van der Waals surface area contributed by atoms with Crippen molar-refractivity contribution in [2.24, 2.45) is 0 Å². The third-order valence-corrected chi connectivity index (χ3v) is 1.66. The molecule has 0 radical (unpaired) electrons. The van der Waals surface area contributed by atoms with Crippen LogP contribution in [0.2, 0.25) is 0 Å². The quantitative estimate of drug-likeness (QED) is 0.748. The second-order valence-corrected chi connectivity index (χ2v) is 2.71. The van der Waals surface area contributed by atoms with E-state index in [0.717, 1.165) is 0 Å². The number of aromatic nitrogens is 3. The number of carboxylic acid groups (broad SMARTS) is 1. The number of nitrogens with one attached hydrogen (secondary N) is 1. The summed E-state index contributed by atoms with van der Waals surface area (Å²) in [5.41, 5.74) is 1.25. The zero-order valence-electron chi connectivity index (χ0n) is 7.10. The normalized spacial score (nSPS) is 10.3. The summed E-state index contributed by atoms with van der Waals surface area (Å²) in [5.74, 6) is -0.626. The number of aliphatic carboxylic acids is 1. The van der Waals surface area contributed by atoms with Crippen molar-refractivity contribution < 1.29 is 14.4 Å². The Bertz CT molecular complexity index is 432. The average Bonchev–Trinajstić information content (AvgIpc) is 2.69. The maximum atomic E-state index is 10.4. The van der Waals surface area contributed by atoms with Gasteiger partial charge in [-0.1, -0.05) is 5.16 Å². The molecule has 0 aliphatic carbocycles. The highest BCUT2D eigenvalue weighted by Crippen LogP contribution is 2.15. The van der Waals surface area contributed by atoms with Gasteiger partial charge < -0.3 is 14.6 Å². The van der Waals surface area contributed by atoms with E-state index < -0.39 is 5.97 Å². The molecular formula is C8H7N3O3. The van der Waals surface area contributed by atoms with E-state index >= 15 is 0 Å². The van der Waals surface area contributed by atoms with Gasteiger partial charge in [0.15, 0.2) is 0 Å². The molecule has 0 fully saturated rings. The zero-order valence-corrected chi connectivity index (χ0v) is 7.10. The molecule has 0 bridgehead atoms. The van der Waals surface area contributed by atoms with Crippen LogP contribution in [0.5, 0.6) is 0 Å². The first-order valence-corrected chi connectivity index (χ1v) is 3.92. The Morgan fingerprint density at radius 2 is 2.50 bits per heavy atom. The lowest BCUT2D eigenvalue weighted by molar-refractivity contribution is -0.136. The smallest absolute Gasteiger partial charge is 0.311 e. The van der Waals surface area contributed by atoms with Crippen LogP contribution in [-0.2, 0) is 11.2 Å². The number of imidazole rings is 1. The Hall–Kier alpha value is -2.11. The first kappa shape index (κ1) is 8.49. The number of hydrogen-bond acceptors (Lipinski definition) is 4. The Morgan fingerprint density at radius 3 is 3.14 bits per heavy atom. The molecule has 2 heterocycles. The molecule has 0 aromatic carbocycles. The van der Waals surface area contributed by atoms with Gasteiger partial charge in [0.05, 0.1) is 18.2 Å². The van der Waals surface area contributed by atoms with Crippen molar-refractivity contribution in [3.8, 4) is 11.4 Å². The van der Waals surface area contributed by atoms with Crippen LogP contribution in [0.25, 0.3) is 11.4 Å². The molecule has 2 aromatic heterocycles. The third-order valence-electron chi connectivity index (χ3n) is 1.66. The Labute approximate surface area is 78.6 Å². The fourth-order valence-corrected chi connectivity index (χ4v) is 1.07. The summed E-state index contributed by atoms with van der Waals surface area (Å²) < 4.78 is 4.82. The highest BCUT2D eigenvalue weighted by atomic mass is 16.5. The summed E-state index contributed by atoms with van der Waals surface area (Å²) in [7, 11) is 0. The van der Waals surface area contributed by atoms with Gasteiger partial charge in [-0.2, -0.15) is 0 Å². The summed E-state index contributed by atoms with van der Waals surface area (Å²) in [6.07, 6.45) is 2.93. The molecule has 0 amide bonds. The van der Waals surface area contributed by atoms with Crippen LogP contribution >= 0.6 is 0 Å². The fraction of sp³-hybridized carbons (Fsp3) is 0.125. The lowest BCUT2D eigenvalue weighted by atomic mass is 10.2. The minimum absolute atomic E-state index is 0.166. The predicted molar refractivity (Wildman–Crippen MR) is 45.4 cm³/mol. The largest absolute Gasteiger partial charge is 0.481 e. The van der Waals surface area contributed by atoms with Crippen LogP contribution in [0.3, 0.4) is 0 Å².